The number of hydrogen-bond acceptors (Lipinski definition) is 3. The molecule has 0 radical (unpaired) electrons. The molecule has 1 N–H and O–H groups in total. The van der Waals surface area contributed by atoms with Gasteiger partial charge in [-0.15, -0.1) is 0 Å². The largest absolute Gasteiger partial charge is 0.508 e. The average molecular weight is 292 g/mol. The van der Waals surface area contributed by atoms with Gasteiger partial charge in [0, 0.05) is 24.5 Å². The molecule has 0 atom stereocenters. The number of ketones is 1. The number of nitrogens with zero attached hydrogens (tertiary/aromatic N) is 2. The summed E-state index contributed by atoms with van der Waals surface area (Å²) >= 11 is 0. The number of carbonyl (C=O) groups is 1. The smallest absolute Gasteiger partial charge is 0.198 e. The number of phenols is 1. The number of aromatic hydroxyl groups is 1. The molecule has 22 heavy (non-hydrogen) atoms. The molecule has 0 aliphatic rings. The lowest BCUT2D eigenvalue weighted by Crippen LogP contribution is -2.09. The Kier molecular flexibility index (Phi) is 4.01. The normalized spacial score (nSPS) is 10.5. The van der Waals surface area contributed by atoms with Gasteiger partial charge in [-0.25, -0.2) is 4.98 Å². The molecule has 0 amide bonds. The third-order valence-corrected chi connectivity index (χ3v) is 3.54. The summed E-state index contributed by atoms with van der Waals surface area (Å²) in [7, 11) is 0. The van der Waals surface area contributed by atoms with Crippen LogP contribution in [0.1, 0.15) is 22.6 Å². The van der Waals surface area contributed by atoms with Crippen molar-refractivity contribution in [2.24, 2.45) is 0 Å². The zero-order chi connectivity index (χ0) is 15.4. The molecule has 1 aromatic heterocycles. The molecule has 0 aliphatic heterocycles. The van der Waals surface area contributed by atoms with E-state index in [9.17, 15) is 9.90 Å². The van der Waals surface area contributed by atoms with Gasteiger partial charge in [-0.2, -0.15) is 0 Å². The lowest BCUT2D eigenvalue weighted by atomic mass is 10.1. The zero-order valence-corrected chi connectivity index (χ0v) is 12.0. The summed E-state index contributed by atoms with van der Waals surface area (Å²) in [6.07, 6.45) is 4.21. The van der Waals surface area contributed by atoms with Gasteiger partial charge in [0.05, 0.1) is 0 Å². The summed E-state index contributed by atoms with van der Waals surface area (Å²) in [5, 5.41) is 9.75. The maximum absolute atomic E-state index is 12.4. The highest BCUT2D eigenvalue weighted by Crippen LogP contribution is 2.19. The van der Waals surface area contributed by atoms with Crippen LogP contribution in [0.5, 0.6) is 5.75 Å². The first-order chi connectivity index (χ1) is 10.8. The van der Waals surface area contributed by atoms with Gasteiger partial charge in [-0.05, 0) is 30.2 Å². The number of carbonyl (C=O) groups excluding carboxylic acids is 1. The van der Waals surface area contributed by atoms with E-state index in [1.165, 1.54) is 0 Å². The van der Waals surface area contributed by atoms with Crippen LogP contribution in [-0.2, 0) is 6.42 Å². The molecule has 0 spiro atoms. The molecule has 110 valence electrons. The van der Waals surface area contributed by atoms with Crippen LogP contribution in [0, 0.1) is 0 Å². The van der Waals surface area contributed by atoms with E-state index in [0.717, 1.165) is 11.3 Å². The highest BCUT2D eigenvalue weighted by atomic mass is 16.3. The quantitative estimate of drug-likeness (QED) is 0.733. The number of hydrogen-bond donors (Lipinski definition) is 1. The van der Waals surface area contributed by atoms with Crippen molar-refractivity contribution in [3.05, 3.63) is 78.4 Å². The summed E-state index contributed by atoms with van der Waals surface area (Å²) in [6, 6.07) is 16.7. The van der Waals surface area contributed by atoms with Crippen molar-refractivity contribution in [3.63, 3.8) is 0 Å². The molecule has 3 rings (SSSR count). The van der Waals surface area contributed by atoms with Crippen LogP contribution in [-0.4, -0.2) is 20.4 Å². The summed E-state index contributed by atoms with van der Waals surface area (Å²) < 4.78 is 1.78. The first kappa shape index (κ1) is 14.1. The molecule has 0 fully saturated rings. The maximum atomic E-state index is 12.4. The number of aryl methyl sites for hydroxylation is 1. The van der Waals surface area contributed by atoms with Crippen LogP contribution in [0.15, 0.2) is 67.0 Å². The van der Waals surface area contributed by atoms with E-state index in [1.807, 2.05) is 42.5 Å². The molecular formula is C18H16N2O2. The fraction of sp³-hybridized carbons (Fsp3) is 0.111. The van der Waals surface area contributed by atoms with E-state index in [-0.39, 0.29) is 11.5 Å². The average Bonchev–Trinajstić information content (AvgIpc) is 3.04. The van der Waals surface area contributed by atoms with Crippen molar-refractivity contribution in [1.29, 1.82) is 0 Å². The van der Waals surface area contributed by atoms with Crippen molar-refractivity contribution in [3.8, 4) is 11.4 Å². The second kappa shape index (κ2) is 6.26. The van der Waals surface area contributed by atoms with Crippen LogP contribution in [0.4, 0.5) is 0 Å². The second-order valence-corrected chi connectivity index (χ2v) is 5.01. The molecule has 0 bridgehead atoms. The topological polar surface area (TPSA) is 55.1 Å². The lowest BCUT2D eigenvalue weighted by molar-refractivity contribution is 0.0971. The Bertz CT molecular complexity index is 779. The van der Waals surface area contributed by atoms with Crippen LogP contribution >= 0.6 is 0 Å². The van der Waals surface area contributed by atoms with Crippen molar-refractivity contribution in [1.82, 2.24) is 9.55 Å². The first-order valence-corrected chi connectivity index (χ1v) is 7.14. The molecule has 2 aromatic carbocycles. The molecule has 0 unspecified atom stereocenters. The van der Waals surface area contributed by atoms with E-state index in [4.69, 9.17) is 0 Å². The second-order valence-electron chi connectivity index (χ2n) is 5.01. The molecule has 4 nitrogen and oxygen atoms in total. The van der Waals surface area contributed by atoms with Gasteiger partial charge in [-0.3, -0.25) is 9.36 Å². The summed E-state index contributed by atoms with van der Waals surface area (Å²) in [4.78, 5) is 16.6. The van der Waals surface area contributed by atoms with Crippen LogP contribution in [0.25, 0.3) is 5.69 Å². The summed E-state index contributed by atoms with van der Waals surface area (Å²) in [6.45, 7) is 0. The molecule has 4 heteroatoms. The van der Waals surface area contributed by atoms with Gasteiger partial charge in [0.15, 0.2) is 11.6 Å². The van der Waals surface area contributed by atoms with E-state index in [0.29, 0.717) is 18.7 Å². The fourth-order valence-electron chi connectivity index (χ4n) is 2.39. The molecule has 0 saturated heterocycles. The van der Waals surface area contributed by atoms with E-state index < -0.39 is 0 Å². The Labute approximate surface area is 128 Å². The monoisotopic (exact) mass is 292 g/mol. The third kappa shape index (κ3) is 2.91. The predicted octanol–water partition coefficient (Wildman–Crippen LogP) is 3.39. The third-order valence-electron chi connectivity index (χ3n) is 3.54. The maximum Gasteiger partial charge on any atom is 0.198 e. The number of imidazole rings is 1. The Morgan fingerprint density at radius 2 is 1.77 bits per heavy atom. The summed E-state index contributed by atoms with van der Waals surface area (Å²) in [5.74, 6) is 0.598. The van der Waals surface area contributed by atoms with Gasteiger partial charge in [-0.1, -0.05) is 36.4 Å². The minimum Gasteiger partial charge on any atom is -0.508 e. The highest BCUT2D eigenvalue weighted by molar-refractivity contribution is 5.93. The molecular weight excluding hydrogens is 276 g/mol. The van der Waals surface area contributed by atoms with Gasteiger partial charge < -0.3 is 5.11 Å². The number of para-hydroxylation sites is 2. The van der Waals surface area contributed by atoms with Crippen molar-refractivity contribution in [2.75, 3.05) is 0 Å². The molecule has 0 aliphatic carbocycles. The van der Waals surface area contributed by atoms with Crippen LogP contribution in [0.2, 0.25) is 0 Å². The minimum absolute atomic E-state index is 0.0443. The van der Waals surface area contributed by atoms with E-state index in [1.54, 1.807) is 29.1 Å². The highest BCUT2D eigenvalue weighted by Gasteiger charge is 2.14. The predicted molar refractivity (Wildman–Crippen MR) is 84.3 cm³/mol. The Hall–Kier alpha value is -2.88. The Morgan fingerprint density at radius 1 is 1.05 bits per heavy atom. The minimum atomic E-state index is -0.0443. The first-order valence-electron chi connectivity index (χ1n) is 7.14. The summed E-state index contributed by atoms with van der Waals surface area (Å²) in [5.41, 5.74) is 1.68. The molecule has 3 aromatic rings. The number of phenolic OH excluding ortho intramolecular Hbond substituents is 1. The number of benzene rings is 2. The lowest BCUT2D eigenvalue weighted by Gasteiger charge is -2.07. The molecule has 1 heterocycles. The van der Waals surface area contributed by atoms with Gasteiger partial charge in [0.25, 0.3) is 0 Å². The SMILES string of the molecule is O=C(CCc1ccccc1O)c1nccn1-c1ccccc1. The fourth-order valence-corrected chi connectivity index (χ4v) is 2.39. The Morgan fingerprint density at radius 3 is 2.55 bits per heavy atom. The number of aromatic nitrogens is 2. The van der Waals surface area contributed by atoms with Crippen LogP contribution in [0.3, 0.4) is 0 Å². The Balaban J connectivity index is 1.77. The number of Topliss-reactive ketones (excluding diaryl/α,β-unsaturated/α-hetero) is 1. The van der Waals surface area contributed by atoms with E-state index >= 15 is 0 Å². The van der Waals surface area contributed by atoms with Crippen LogP contribution < -0.4 is 0 Å². The van der Waals surface area contributed by atoms with Crippen molar-refractivity contribution < 1.29 is 9.90 Å². The number of rotatable bonds is 5. The van der Waals surface area contributed by atoms with Gasteiger partial charge in [0.2, 0.25) is 0 Å². The van der Waals surface area contributed by atoms with Crippen molar-refractivity contribution in [2.45, 2.75) is 12.8 Å². The zero-order valence-electron chi connectivity index (χ0n) is 12.0. The van der Waals surface area contributed by atoms with Gasteiger partial charge in [0.1, 0.15) is 5.75 Å². The van der Waals surface area contributed by atoms with Gasteiger partial charge >= 0.3 is 0 Å². The standard InChI is InChI=1S/C18H16N2O2/c21-16-9-5-4-6-14(16)10-11-17(22)18-19-12-13-20(18)15-7-2-1-3-8-15/h1-9,12-13,21H,10-11H2. The van der Waals surface area contributed by atoms with E-state index in [2.05, 4.69) is 4.98 Å². The van der Waals surface area contributed by atoms with Crippen molar-refractivity contribution >= 4 is 5.78 Å². The molecule has 0 saturated carbocycles.